The summed E-state index contributed by atoms with van der Waals surface area (Å²) < 4.78 is 5.30. The van der Waals surface area contributed by atoms with Gasteiger partial charge in [-0.05, 0) is 37.8 Å². The lowest BCUT2D eigenvalue weighted by atomic mass is 9.65. The summed E-state index contributed by atoms with van der Waals surface area (Å²) in [6.07, 6.45) is 5.89. The van der Waals surface area contributed by atoms with E-state index >= 15 is 0 Å². The van der Waals surface area contributed by atoms with Crippen LogP contribution in [0.2, 0.25) is 0 Å². The third-order valence-corrected chi connectivity index (χ3v) is 6.32. The first-order valence-corrected chi connectivity index (χ1v) is 10.3. The Bertz CT molecular complexity index is 682. The molecule has 148 valence electrons. The van der Waals surface area contributed by atoms with Crippen molar-refractivity contribution in [1.82, 2.24) is 10.2 Å². The molecule has 5 nitrogen and oxygen atoms in total. The zero-order valence-electron chi connectivity index (χ0n) is 16.8. The van der Waals surface area contributed by atoms with Crippen LogP contribution in [0.5, 0.6) is 0 Å². The number of ether oxygens (including phenoxy) is 1. The molecule has 0 unspecified atom stereocenters. The molecule has 0 aromatic heterocycles. The van der Waals surface area contributed by atoms with Gasteiger partial charge in [-0.25, -0.2) is 0 Å². The Morgan fingerprint density at radius 2 is 2.00 bits per heavy atom. The van der Waals surface area contributed by atoms with Gasteiger partial charge in [0.25, 0.3) is 5.91 Å². The second kappa shape index (κ2) is 8.42. The molecule has 0 radical (unpaired) electrons. The number of carbonyl (C=O) groups is 2. The Hall–Kier alpha value is -1.88. The van der Waals surface area contributed by atoms with Gasteiger partial charge in [-0.15, -0.1) is 0 Å². The van der Waals surface area contributed by atoms with E-state index in [2.05, 4.69) is 12.2 Å². The molecule has 1 spiro atoms. The second-order valence-electron chi connectivity index (χ2n) is 7.95. The van der Waals surface area contributed by atoms with E-state index in [1.54, 1.807) is 7.11 Å². The lowest BCUT2D eigenvalue weighted by Crippen LogP contribution is -2.63. The first kappa shape index (κ1) is 19.9. The van der Waals surface area contributed by atoms with Crippen molar-refractivity contribution in [3.63, 3.8) is 0 Å². The van der Waals surface area contributed by atoms with Crippen LogP contribution in [-0.2, 0) is 9.53 Å². The molecule has 1 aromatic carbocycles. The van der Waals surface area contributed by atoms with Crippen molar-refractivity contribution in [1.29, 1.82) is 0 Å². The van der Waals surface area contributed by atoms with Gasteiger partial charge in [0, 0.05) is 25.3 Å². The molecule has 1 aliphatic heterocycles. The normalized spacial score (nSPS) is 22.4. The zero-order valence-corrected chi connectivity index (χ0v) is 16.8. The summed E-state index contributed by atoms with van der Waals surface area (Å²) in [5.41, 5.74) is 1.10. The van der Waals surface area contributed by atoms with Crippen LogP contribution in [0, 0.1) is 0 Å². The van der Waals surface area contributed by atoms with Crippen molar-refractivity contribution in [3.05, 3.63) is 35.4 Å². The quantitative estimate of drug-likeness (QED) is 0.832. The first-order valence-electron chi connectivity index (χ1n) is 10.3. The molecule has 1 aromatic rings. The van der Waals surface area contributed by atoms with Crippen LogP contribution < -0.4 is 5.32 Å². The Balaban J connectivity index is 2.10. The van der Waals surface area contributed by atoms with Crippen LogP contribution in [0.4, 0.5) is 0 Å². The van der Waals surface area contributed by atoms with Crippen molar-refractivity contribution in [2.45, 2.75) is 69.9 Å². The van der Waals surface area contributed by atoms with E-state index in [4.69, 9.17) is 4.74 Å². The number of rotatable bonds is 6. The maximum Gasteiger partial charge on any atom is 0.254 e. The first-order chi connectivity index (χ1) is 13.0. The predicted molar refractivity (Wildman–Crippen MR) is 106 cm³/mol. The Kier molecular flexibility index (Phi) is 6.20. The SMILES string of the molecule is CC[C@@H](C)NC(=O)[C@@H]1c2ccccc2C(=O)N(CCOC)C12CCCCC2. The molecule has 2 aliphatic rings. The number of hydrogen-bond donors (Lipinski definition) is 1. The number of nitrogens with zero attached hydrogens (tertiary/aromatic N) is 1. The highest BCUT2D eigenvalue weighted by molar-refractivity contribution is 6.02. The van der Waals surface area contributed by atoms with E-state index in [-0.39, 0.29) is 23.8 Å². The molecular formula is C22H32N2O3. The number of fused-ring (bicyclic) bond motifs is 1. The van der Waals surface area contributed by atoms with Crippen molar-refractivity contribution in [2.75, 3.05) is 20.3 Å². The van der Waals surface area contributed by atoms with Crippen LogP contribution in [0.1, 0.15) is 74.2 Å². The summed E-state index contributed by atoms with van der Waals surface area (Å²) in [6.45, 7) is 5.12. The molecule has 5 heteroatoms. The molecule has 1 fully saturated rings. The number of hydrogen-bond acceptors (Lipinski definition) is 3. The molecule has 1 saturated carbocycles. The van der Waals surface area contributed by atoms with Gasteiger partial charge in [0.1, 0.15) is 0 Å². The maximum atomic E-state index is 13.4. The fourth-order valence-electron chi connectivity index (χ4n) is 4.78. The highest BCUT2D eigenvalue weighted by Gasteiger charge is 2.54. The van der Waals surface area contributed by atoms with Gasteiger partial charge in [-0.3, -0.25) is 9.59 Å². The smallest absolute Gasteiger partial charge is 0.254 e. The summed E-state index contributed by atoms with van der Waals surface area (Å²) in [5.74, 6) is -0.233. The van der Waals surface area contributed by atoms with Gasteiger partial charge in [0.05, 0.1) is 18.1 Å². The van der Waals surface area contributed by atoms with Gasteiger partial charge in [-0.2, -0.15) is 0 Å². The third-order valence-electron chi connectivity index (χ3n) is 6.32. The number of amides is 2. The highest BCUT2D eigenvalue weighted by Crippen LogP contribution is 2.49. The van der Waals surface area contributed by atoms with Gasteiger partial charge < -0.3 is 15.0 Å². The summed E-state index contributed by atoms with van der Waals surface area (Å²) in [5, 5.41) is 3.20. The van der Waals surface area contributed by atoms with Crippen LogP contribution >= 0.6 is 0 Å². The molecular weight excluding hydrogens is 340 g/mol. The van der Waals surface area contributed by atoms with E-state index in [1.165, 1.54) is 0 Å². The van der Waals surface area contributed by atoms with E-state index < -0.39 is 5.54 Å². The Morgan fingerprint density at radius 3 is 2.67 bits per heavy atom. The maximum absolute atomic E-state index is 13.4. The minimum Gasteiger partial charge on any atom is -0.383 e. The lowest BCUT2D eigenvalue weighted by Gasteiger charge is -2.53. The molecule has 1 N–H and O–H groups in total. The van der Waals surface area contributed by atoms with E-state index in [9.17, 15) is 9.59 Å². The average molecular weight is 373 g/mol. The van der Waals surface area contributed by atoms with E-state index in [0.717, 1.165) is 44.1 Å². The monoisotopic (exact) mass is 372 g/mol. The topological polar surface area (TPSA) is 58.6 Å². The van der Waals surface area contributed by atoms with Gasteiger partial charge in [0.15, 0.2) is 0 Å². The number of benzene rings is 1. The minimum absolute atomic E-state index is 0.0390. The van der Waals surface area contributed by atoms with Gasteiger partial charge in [-0.1, -0.05) is 44.4 Å². The molecule has 3 rings (SSSR count). The van der Waals surface area contributed by atoms with Gasteiger partial charge in [0.2, 0.25) is 5.91 Å². The average Bonchev–Trinajstić information content (AvgIpc) is 2.68. The molecule has 0 saturated heterocycles. The van der Waals surface area contributed by atoms with Crippen molar-refractivity contribution in [2.24, 2.45) is 0 Å². The number of methoxy groups -OCH3 is 1. The zero-order chi connectivity index (χ0) is 19.4. The van der Waals surface area contributed by atoms with Gasteiger partial charge >= 0.3 is 0 Å². The molecule has 1 heterocycles. The molecule has 27 heavy (non-hydrogen) atoms. The third kappa shape index (κ3) is 3.62. The van der Waals surface area contributed by atoms with Crippen molar-refractivity contribution < 1.29 is 14.3 Å². The summed E-state index contributed by atoms with van der Waals surface area (Å²) >= 11 is 0. The summed E-state index contributed by atoms with van der Waals surface area (Å²) in [6, 6.07) is 7.77. The lowest BCUT2D eigenvalue weighted by molar-refractivity contribution is -0.128. The predicted octanol–water partition coefficient (Wildman–Crippen LogP) is 3.49. The van der Waals surface area contributed by atoms with E-state index in [1.807, 2.05) is 36.1 Å². The Morgan fingerprint density at radius 1 is 1.30 bits per heavy atom. The summed E-state index contributed by atoms with van der Waals surface area (Å²) in [7, 11) is 1.66. The molecule has 2 amide bonds. The second-order valence-corrected chi connectivity index (χ2v) is 7.95. The molecule has 0 bridgehead atoms. The van der Waals surface area contributed by atoms with Crippen LogP contribution in [0.15, 0.2) is 24.3 Å². The Labute approximate surface area is 162 Å². The van der Waals surface area contributed by atoms with E-state index in [0.29, 0.717) is 18.7 Å². The number of nitrogens with one attached hydrogen (secondary N) is 1. The highest BCUT2D eigenvalue weighted by atomic mass is 16.5. The fraction of sp³-hybridized carbons (Fsp3) is 0.636. The van der Waals surface area contributed by atoms with Crippen LogP contribution in [0.3, 0.4) is 0 Å². The van der Waals surface area contributed by atoms with Crippen LogP contribution in [0.25, 0.3) is 0 Å². The summed E-state index contributed by atoms with van der Waals surface area (Å²) in [4.78, 5) is 28.8. The van der Waals surface area contributed by atoms with Crippen LogP contribution in [-0.4, -0.2) is 48.6 Å². The number of carbonyl (C=O) groups excluding carboxylic acids is 2. The molecule has 1 aliphatic carbocycles. The largest absolute Gasteiger partial charge is 0.383 e. The fourth-order valence-corrected chi connectivity index (χ4v) is 4.78. The molecule has 2 atom stereocenters. The standard InChI is InChI=1S/C22H32N2O3/c1-4-16(2)23-20(25)19-17-10-6-7-11-18(17)21(26)24(14-15-27-3)22(19)12-8-5-9-13-22/h6-7,10-11,16,19H,4-5,8-9,12-15H2,1-3H3,(H,23,25)/t16-,19+/m1/s1. The minimum atomic E-state index is -0.445. The van der Waals surface area contributed by atoms with Crippen molar-refractivity contribution in [3.8, 4) is 0 Å². The van der Waals surface area contributed by atoms with Crippen molar-refractivity contribution >= 4 is 11.8 Å².